The number of aromatic nitrogens is 4. The minimum Gasteiger partial charge on any atom is -0.383 e. The van der Waals surface area contributed by atoms with Crippen molar-refractivity contribution >= 4 is 5.82 Å². The number of nitrogen functional groups attached to an aromatic ring is 1. The molecule has 0 fully saturated rings. The molecule has 19 heavy (non-hydrogen) atoms. The van der Waals surface area contributed by atoms with Gasteiger partial charge in [0.2, 0.25) is 5.82 Å². The van der Waals surface area contributed by atoms with Crippen molar-refractivity contribution in [2.75, 3.05) is 5.73 Å². The molecule has 0 spiro atoms. The van der Waals surface area contributed by atoms with Gasteiger partial charge in [-0.25, -0.2) is 4.39 Å². The predicted octanol–water partition coefficient (Wildman–Crippen LogP) is 2.16. The van der Waals surface area contributed by atoms with E-state index in [0.717, 1.165) is 5.56 Å². The second-order valence-corrected chi connectivity index (χ2v) is 4.08. The fourth-order valence-electron chi connectivity index (χ4n) is 1.74. The van der Waals surface area contributed by atoms with E-state index >= 15 is 0 Å². The van der Waals surface area contributed by atoms with Crippen LogP contribution in [0.2, 0.25) is 0 Å². The number of benzene rings is 1. The number of H-pyrrole nitrogens is 1. The molecule has 0 atom stereocenters. The average Bonchev–Trinajstić information content (AvgIpc) is 3.00. The molecule has 0 saturated carbocycles. The van der Waals surface area contributed by atoms with Crippen molar-refractivity contribution in [2.45, 2.75) is 6.92 Å². The van der Waals surface area contributed by atoms with Crippen molar-refractivity contribution in [3.8, 4) is 22.8 Å². The molecule has 3 aromatic rings. The molecule has 0 bridgehead atoms. The highest BCUT2D eigenvalue weighted by molar-refractivity contribution is 5.68. The van der Waals surface area contributed by atoms with Crippen molar-refractivity contribution in [1.29, 1.82) is 0 Å². The summed E-state index contributed by atoms with van der Waals surface area (Å²) in [6.45, 7) is 1.84. The zero-order valence-corrected chi connectivity index (χ0v) is 10.0. The van der Waals surface area contributed by atoms with Crippen LogP contribution < -0.4 is 5.73 Å². The van der Waals surface area contributed by atoms with Gasteiger partial charge in [0.25, 0.3) is 5.89 Å². The number of nitrogens with two attached hydrogens (primary N) is 1. The van der Waals surface area contributed by atoms with Crippen LogP contribution >= 0.6 is 0 Å². The third kappa shape index (κ3) is 1.95. The summed E-state index contributed by atoms with van der Waals surface area (Å²) in [5, 5.41) is 10.2. The zero-order chi connectivity index (χ0) is 13.4. The van der Waals surface area contributed by atoms with E-state index in [9.17, 15) is 4.39 Å². The Bertz CT molecular complexity index is 733. The Morgan fingerprint density at radius 1 is 1.32 bits per heavy atom. The molecule has 2 aromatic heterocycles. The molecular formula is C12H10FN5O. The molecule has 3 N–H and O–H groups in total. The minimum absolute atomic E-state index is 0.241. The Morgan fingerprint density at radius 2 is 2.16 bits per heavy atom. The average molecular weight is 259 g/mol. The van der Waals surface area contributed by atoms with Crippen molar-refractivity contribution < 1.29 is 8.91 Å². The van der Waals surface area contributed by atoms with Gasteiger partial charge in [-0.2, -0.15) is 10.1 Å². The molecule has 6 nitrogen and oxygen atoms in total. The molecule has 0 radical (unpaired) electrons. The summed E-state index contributed by atoms with van der Waals surface area (Å²) in [6.07, 6.45) is 1.49. The maximum absolute atomic E-state index is 13.3. The molecule has 7 heteroatoms. The highest BCUT2D eigenvalue weighted by Crippen LogP contribution is 2.26. The lowest BCUT2D eigenvalue weighted by molar-refractivity contribution is 0.432. The number of anilines is 1. The van der Waals surface area contributed by atoms with E-state index in [4.69, 9.17) is 10.3 Å². The molecule has 0 amide bonds. The lowest BCUT2D eigenvalue weighted by atomic mass is 10.1. The predicted molar refractivity (Wildman–Crippen MR) is 66.4 cm³/mol. The maximum atomic E-state index is 13.3. The van der Waals surface area contributed by atoms with E-state index in [1.54, 1.807) is 6.07 Å². The molecule has 0 aliphatic carbocycles. The molecule has 96 valence electrons. The van der Waals surface area contributed by atoms with Crippen LogP contribution in [0.1, 0.15) is 5.56 Å². The summed E-state index contributed by atoms with van der Waals surface area (Å²) in [5.74, 6) is 0.540. The van der Waals surface area contributed by atoms with Gasteiger partial charge in [-0.05, 0) is 24.6 Å². The van der Waals surface area contributed by atoms with E-state index in [1.807, 2.05) is 6.92 Å². The fourth-order valence-corrected chi connectivity index (χ4v) is 1.74. The first-order valence-electron chi connectivity index (χ1n) is 5.54. The van der Waals surface area contributed by atoms with E-state index in [0.29, 0.717) is 22.8 Å². The van der Waals surface area contributed by atoms with Gasteiger partial charge >= 0.3 is 0 Å². The number of nitrogens with one attached hydrogen (secondary N) is 1. The molecule has 0 aliphatic heterocycles. The Hall–Kier alpha value is -2.70. The highest BCUT2D eigenvalue weighted by atomic mass is 19.1. The molecule has 2 heterocycles. The summed E-state index contributed by atoms with van der Waals surface area (Å²) in [7, 11) is 0. The van der Waals surface area contributed by atoms with Gasteiger partial charge in [0.05, 0.1) is 6.20 Å². The van der Waals surface area contributed by atoms with E-state index in [-0.39, 0.29) is 11.7 Å². The van der Waals surface area contributed by atoms with Crippen LogP contribution in [0.3, 0.4) is 0 Å². The Labute approximate surface area is 107 Å². The zero-order valence-electron chi connectivity index (χ0n) is 10.0. The van der Waals surface area contributed by atoms with Crippen LogP contribution in [0.4, 0.5) is 10.2 Å². The van der Waals surface area contributed by atoms with Crippen LogP contribution in [0.15, 0.2) is 28.9 Å². The first kappa shape index (κ1) is 11.4. The van der Waals surface area contributed by atoms with Gasteiger partial charge in [0, 0.05) is 5.56 Å². The van der Waals surface area contributed by atoms with E-state index in [2.05, 4.69) is 20.3 Å². The number of hydrogen-bond donors (Lipinski definition) is 2. The standard InChI is InChI=1S/C12H10FN5O/c1-6-2-3-7(13)4-8(6)11-16-12(19-18-11)9-5-15-17-10(9)14/h2-5H,1H3,(H3,14,15,17). The number of halogens is 1. The van der Waals surface area contributed by atoms with Gasteiger partial charge in [0.1, 0.15) is 17.2 Å². The van der Waals surface area contributed by atoms with Crippen LogP contribution in [0.5, 0.6) is 0 Å². The van der Waals surface area contributed by atoms with E-state index in [1.165, 1.54) is 18.3 Å². The van der Waals surface area contributed by atoms with Gasteiger partial charge in [-0.1, -0.05) is 11.2 Å². The second kappa shape index (κ2) is 4.20. The topological polar surface area (TPSA) is 93.6 Å². The summed E-state index contributed by atoms with van der Waals surface area (Å²) in [4.78, 5) is 4.20. The van der Waals surface area contributed by atoms with Crippen LogP contribution in [0.25, 0.3) is 22.8 Å². The Balaban J connectivity index is 2.06. The number of hydrogen-bond acceptors (Lipinski definition) is 5. The highest BCUT2D eigenvalue weighted by Gasteiger charge is 2.15. The third-order valence-corrected chi connectivity index (χ3v) is 2.77. The minimum atomic E-state index is -0.352. The monoisotopic (exact) mass is 259 g/mol. The van der Waals surface area contributed by atoms with Crippen LogP contribution in [-0.2, 0) is 0 Å². The Morgan fingerprint density at radius 3 is 2.89 bits per heavy atom. The summed E-state index contributed by atoms with van der Waals surface area (Å²) in [5.41, 5.74) is 7.63. The third-order valence-electron chi connectivity index (χ3n) is 2.77. The van der Waals surface area contributed by atoms with Crippen LogP contribution in [0, 0.1) is 12.7 Å². The summed E-state index contributed by atoms with van der Waals surface area (Å²) < 4.78 is 18.4. The second-order valence-electron chi connectivity index (χ2n) is 4.08. The van der Waals surface area contributed by atoms with Gasteiger partial charge in [-0.3, -0.25) is 5.10 Å². The number of aryl methyl sites for hydroxylation is 1. The smallest absolute Gasteiger partial charge is 0.263 e. The van der Waals surface area contributed by atoms with Crippen molar-refractivity contribution in [1.82, 2.24) is 20.3 Å². The first-order valence-corrected chi connectivity index (χ1v) is 5.54. The Kier molecular flexibility index (Phi) is 2.52. The van der Waals surface area contributed by atoms with Gasteiger partial charge in [-0.15, -0.1) is 0 Å². The first-order chi connectivity index (χ1) is 9.15. The summed E-state index contributed by atoms with van der Waals surface area (Å²) in [6, 6.07) is 4.41. The maximum Gasteiger partial charge on any atom is 0.263 e. The number of rotatable bonds is 2. The molecular weight excluding hydrogens is 249 g/mol. The van der Waals surface area contributed by atoms with Crippen molar-refractivity contribution in [3.05, 3.63) is 35.8 Å². The molecule has 0 saturated heterocycles. The quantitative estimate of drug-likeness (QED) is 0.735. The molecule has 0 aliphatic rings. The van der Waals surface area contributed by atoms with Crippen molar-refractivity contribution in [2.24, 2.45) is 0 Å². The lowest BCUT2D eigenvalue weighted by Gasteiger charge is -1.99. The normalized spacial score (nSPS) is 10.8. The molecule has 0 unspecified atom stereocenters. The van der Waals surface area contributed by atoms with Crippen molar-refractivity contribution in [3.63, 3.8) is 0 Å². The molecule has 3 rings (SSSR count). The van der Waals surface area contributed by atoms with E-state index < -0.39 is 0 Å². The number of nitrogens with zero attached hydrogens (tertiary/aromatic N) is 3. The number of aromatic amines is 1. The SMILES string of the molecule is Cc1ccc(F)cc1-c1noc(-c2cn[nH]c2N)n1. The van der Waals surface area contributed by atoms with Gasteiger partial charge < -0.3 is 10.3 Å². The lowest BCUT2D eigenvalue weighted by Crippen LogP contribution is -1.89. The van der Waals surface area contributed by atoms with Crippen LogP contribution in [-0.4, -0.2) is 20.3 Å². The van der Waals surface area contributed by atoms with Gasteiger partial charge in [0.15, 0.2) is 0 Å². The fraction of sp³-hybridized carbons (Fsp3) is 0.0833. The largest absolute Gasteiger partial charge is 0.383 e. The summed E-state index contributed by atoms with van der Waals surface area (Å²) >= 11 is 0. The molecule has 1 aromatic carbocycles.